The number of carboxylic acid groups (broad SMARTS) is 1. The summed E-state index contributed by atoms with van der Waals surface area (Å²) in [4.78, 5) is 60.0. The molecule has 0 aliphatic heterocycles. The van der Waals surface area contributed by atoms with Crippen LogP contribution in [0.4, 0.5) is 27.5 Å². The number of amides is 4. The molecule has 0 spiro atoms. The van der Waals surface area contributed by atoms with Crippen LogP contribution in [0.1, 0.15) is 66.5 Å². The predicted molar refractivity (Wildman–Crippen MR) is 188 cm³/mol. The van der Waals surface area contributed by atoms with Gasteiger partial charge in [0.25, 0.3) is 17.5 Å². The van der Waals surface area contributed by atoms with Crippen LogP contribution in [0.15, 0.2) is 97.1 Å². The molecule has 4 rings (SSSR count). The molecule has 4 aromatic carbocycles. The summed E-state index contributed by atoms with van der Waals surface area (Å²) < 4.78 is 0. The van der Waals surface area contributed by atoms with E-state index in [1.807, 2.05) is 39.8 Å². The summed E-state index contributed by atoms with van der Waals surface area (Å²) in [6.45, 7) is 9.04. The standard InChI is InChI=1S/C37H38N5O7/c1-23(2)37(41-35(46)47,28-14-18-30(19-15-28)40-33(44)26-8-6-10-31(20-26)38-24(3)43)36(4,5)22-25-12-16-29(17-13-25)39-34(45)27-9-7-11-32(21-27)42(48)49/h6-21,41H,22H2,1-5H3,(H,38,43)(H,39,45)(H,40,44)(H,46,47). The lowest BCUT2D eigenvalue weighted by atomic mass is 9.60. The first kappa shape index (κ1) is 35.8. The molecule has 0 aliphatic carbocycles. The Bertz CT molecular complexity index is 1870. The second kappa shape index (κ2) is 14.8. The number of nitrogens with one attached hydrogen (secondary N) is 4. The van der Waals surface area contributed by atoms with Gasteiger partial charge in [-0.25, -0.2) is 4.79 Å². The van der Waals surface area contributed by atoms with Gasteiger partial charge in [0.2, 0.25) is 5.91 Å². The maximum Gasteiger partial charge on any atom is 0.405 e. The van der Waals surface area contributed by atoms with Crippen LogP contribution < -0.4 is 21.3 Å². The summed E-state index contributed by atoms with van der Waals surface area (Å²) in [5, 5.41) is 32.2. The maximum absolute atomic E-state index is 13.0. The first-order valence-electron chi connectivity index (χ1n) is 15.4. The topological polar surface area (TPSA) is 180 Å². The van der Waals surface area contributed by atoms with E-state index in [9.17, 15) is 34.4 Å². The lowest BCUT2D eigenvalue weighted by Gasteiger charge is -2.50. The lowest BCUT2D eigenvalue weighted by Crippen LogP contribution is -2.58. The van der Waals surface area contributed by atoms with Gasteiger partial charge in [-0.15, -0.1) is 0 Å². The van der Waals surface area contributed by atoms with E-state index in [0.717, 1.165) is 11.5 Å². The molecule has 0 saturated heterocycles. The molecule has 0 aliphatic rings. The molecular formula is C37H38N5O7. The van der Waals surface area contributed by atoms with Gasteiger partial charge >= 0.3 is 6.09 Å². The second-order valence-electron chi connectivity index (χ2n) is 12.5. The Hall–Kier alpha value is -6.04. The van der Waals surface area contributed by atoms with Gasteiger partial charge in [0.1, 0.15) is 0 Å². The molecule has 0 heterocycles. The number of nitro groups is 1. The van der Waals surface area contributed by atoms with E-state index >= 15 is 0 Å². The summed E-state index contributed by atoms with van der Waals surface area (Å²) in [5.41, 5.74) is 1.48. The Balaban J connectivity index is 1.55. The van der Waals surface area contributed by atoms with E-state index in [2.05, 4.69) is 21.3 Å². The highest BCUT2D eigenvalue weighted by atomic mass is 16.6. The van der Waals surface area contributed by atoms with Crippen LogP contribution in [0.2, 0.25) is 0 Å². The molecule has 12 nitrogen and oxygen atoms in total. The Morgan fingerprint density at radius 1 is 0.714 bits per heavy atom. The third kappa shape index (κ3) is 8.47. The minimum atomic E-state index is -1.20. The first-order valence-corrected chi connectivity index (χ1v) is 15.4. The zero-order valence-corrected chi connectivity index (χ0v) is 27.8. The van der Waals surface area contributed by atoms with Gasteiger partial charge in [-0.3, -0.25) is 24.5 Å². The van der Waals surface area contributed by atoms with E-state index in [-0.39, 0.29) is 23.1 Å². The highest BCUT2D eigenvalue weighted by Gasteiger charge is 2.50. The predicted octanol–water partition coefficient (Wildman–Crippen LogP) is 7.40. The van der Waals surface area contributed by atoms with Crippen LogP contribution in [-0.2, 0) is 16.8 Å². The van der Waals surface area contributed by atoms with Crippen molar-refractivity contribution in [1.82, 2.24) is 5.32 Å². The van der Waals surface area contributed by atoms with E-state index in [1.165, 1.54) is 31.2 Å². The summed E-state index contributed by atoms with van der Waals surface area (Å²) in [7, 11) is 0. The van der Waals surface area contributed by atoms with Crippen LogP contribution >= 0.6 is 0 Å². The number of nitrogens with zero attached hydrogens (tertiary/aromatic N) is 1. The molecule has 49 heavy (non-hydrogen) atoms. The number of carbonyl (C=O) groups excluding carboxylic acids is 3. The summed E-state index contributed by atoms with van der Waals surface area (Å²) in [6, 6.07) is 26.1. The minimum Gasteiger partial charge on any atom is -0.465 e. The number of carbonyl (C=O) groups is 4. The summed E-state index contributed by atoms with van der Waals surface area (Å²) >= 11 is 0. The monoisotopic (exact) mass is 664 g/mol. The smallest absolute Gasteiger partial charge is 0.405 e. The third-order valence-corrected chi connectivity index (χ3v) is 8.26. The molecule has 5 N–H and O–H groups in total. The highest BCUT2D eigenvalue weighted by Crippen LogP contribution is 2.48. The van der Waals surface area contributed by atoms with Crippen LogP contribution in [0.3, 0.4) is 0 Å². The van der Waals surface area contributed by atoms with Crippen molar-refractivity contribution in [2.75, 3.05) is 16.0 Å². The number of hydrogen-bond donors (Lipinski definition) is 5. The molecule has 1 atom stereocenters. The number of rotatable bonds is 12. The zero-order chi connectivity index (χ0) is 35.9. The Morgan fingerprint density at radius 2 is 1.24 bits per heavy atom. The normalized spacial score (nSPS) is 12.4. The number of nitro benzene ring substituents is 1. The van der Waals surface area contributed by atoms with Gasteiger partial charge in [-0.05, 0) is 71.5 Å². The number of anilines is 3. The van der Waals surface area contributed by atoms with Crippen LogP contribution in [0.25, 0.3) is 0 Å². The number of non-ortho nitro benzene ring substituents is 1. The van der Waals surface area contributed by atoms with Gasteiger partial charge < -0.3 is 26.4 Å². The Morgan fingerprint density at radius 3 is 1.76 bits per heavy atom. The molecule has 1 unspecified atom stereocenters. The van der Waals surface area contributed by atoms with E-state index in [1.54, 1.807) is 60.7 Å². The van der Waals surface area contributed by atoms with Crippen LogP contribution in [0.5, 0.6) is 0 Å². The zero-order valence-electron chi connectivity index (χ0n) is 27.8. The Labute approximate surface area is 284 Å². The van der Waals surface area contributed by atoms with E-state index < -0.39 is 27.9 Å². The van der Waals surface area contributed by atoms with Crippen molar-refractivity contribution in [2.24, 2.45) is 5.41 Å². The van der Waals surface area contributed by atoms with Crippen LogP contribution in [-0.4, -0.2) is 33.8 Å². The summed E-state index contributed by atoms with van der Waals surface area (Å²) in [6.07, 6.45) is -0.773. The molecule has 0 bridgehead atoms. The fraction of sp³-hybridized carbons (Fsp3) is 0.216. The number of hydrogen-bond acceptors (Lipinski definition) is 6. The minimum absolute atomic E-state index is 0.152. The molecule has 0 saturated carbocycles. The van der Waals surface area contributed by atoms with Gasteiger partial charge in [0.15, 0.2) is 0 Å². The SMILES string of the molecule is C[C](C)C(NC(=O)O)(c1ccc(NC(=O)c2cccc(NC(C)=O)c2)cc1)C(C)(C)Cc1ccc(NC(=O)c2cccc([N+](=O)[O-])c2)cc1. The molecule has 12 heteroatoms. The average Bonchev–Trinajstić information content (AvgIpc) is 3.04. The van der Waals surface area contributed by atoms with Crippen molar-refractivity contribution >= 4 is 46.6 Å². The molecule has 253 valence electrons. The molecule has 4 aromatic rings. The fourth-order valence-corrected chi connectivity index (χ4v) is 6.14. The maximum atomic E-state index is 13.0. The van der Waals surface area contributed by atoms with Crippen molar-refractivity contribution < 1.29 is 29.2 Å². The van der Waals surface area contributed by atoms with Crippen molar-refractivity contribution in [2.45, 2.75) is 46.6 Å². The summed E-state index contributed by atoms with van der Waals surface area (Å²) in [5.74, 6) is -0.320. The van der Waals surface area contributed by atoms with Gasteiger partial charge in [-0.2, -0.15) is 0 Å². The van der Waals surface area contributed by atoms with Crippen molar-refractivity contribution in [1.29, 1.82) is 0 Å². The van der Waals surface area contributed by atoms with Crippen molar-refractivity contribution in [3.63, 3.8) is 0 Å². The Kier molecular flexibility index (Phi) is 10.8. The average molecular weight is 665 g/mol. The largest absolute Gasteiger partial charge is 0.465 e. The molecule has 0 fully saturated rings. The third-order valence-electron chi connectivity index (χ3n) is 8.26. The van der Waals surface area contributed by atoms with Crippen LogP contribution in [0, 0.1) is 21.4 Å². The first-order chi connectivity index (χ1) is 23.1. The van der Waals surface area contributed by atoms with Gasteiger partial charge in [0, 0.05) is 53.2 Å². The molecule has 4 amide bonds. The quantitative estimate of drug-likeness (QED) is 0.0773. The number of benzene rings is 4. The molecule has 0 aromatic heterocycles. The van der Waals surface area contributed by atoms with E-state index in [4.69, 9.17) is 0 Å². The fourth-order valence-electron chi connectivity index (χ4n) is 6.14. The van der Waals surface area contributed by atoms with Crippen molar-refractivity contribution in [3.8, 4) is 0 Å². The second-order valence-corrected chi connectivity index (χ2v) is 12.5. The van der Waals surface area contributed by atoms with Gasteiger partial charge in [0.05, 0.1) is 10.5 Å². The molecular weight excluding hydrogens is 626 g/mol. The molecule has 1 radical (unpaired) electrons. The highest BCUT2D eigenvalue weighted by molar-refractivity contribution is 6.05. The lowest BCUT2D eigenvalue weighted by molar-refractivity contribution is -0.384. The van der Waals surface area contributed by atoms with E-state index in [0.29, 0.717) is 34.6 Å². The van der Waals surface area contributed by atoms with Gasteiger partial charge in [-0.1, -0.05) is 64.1 Å². The van der Waals surface area contributed by atoms with Crippen molar-refractivity contribution in [3.05, 3.63) is 135 Å².